The molecule has 7 nitrogen and oxygen atoms in total. The van der Waals surface area contributed by atoms with Crippen molar-refractivity contribution in [2.45, 2.75) is 25.7 Å². The Morgan fingerprint density at radius 2 is 1.64 bits per heavy atom. The van der Waals surface area contributed by atoms with Crippen LogP contribution in [-0.4, -0.2) is 23.5 Å². The summed E-state index contributed by atoms with van der Waals surface area (Å²) in [5.41, 5.74) is 1.72. The van der Waals surface area contributed by atoms with Crippen LogP contribution in [0.3, 0.4) is 0 Å². The summed E-state index contributed by atoms with van der Waals surface area (Å²) >= 11 is 0. The quantitative estimate of drug-likeness (QED) is 0.268. The predicted octanol–water partition coefficient (Wildman–Crippen LogP) is 3.80. The van der Waals surface area contributed by atoms with Crippen molar-refractivity contribution in [3.8, 4) is 5.75 Å². The second-order valence-corrected chi connectivity index (χ2v) is 5.95. The van der Waals surface area contributed by atoms with Crippen LogP contribution in [0.15, 0.2) is 60.8 Å². The Bertz CT molecular complexity index is 815. The lowest BCUT2D eigenvalue weighted by Gasteiger charge is -2.06. The lowest BCUT2D eigenvalue weighted by atomic mass is 10.2. The molecule has 0 unspecified atom stereocenters. The molecule has 2 aromatic carbocycles. The highest BCUT2D eigenvalue weighted by molar-refractivity contribution is 5.74. The molecule has 0 bridgehead atoms. The maximum Gasteiger partial charge on any atom is 0.311 e. The van der Waals surface area contributed by atoms with Gasteiger partial charge in [0.15, 0.2) is 0 Å². The van der Waals surface area contributed by atoms with E-state index in [1.807, 2.05) is 30.3 Å². The average molecular weight is 383 g/mol. The Kier molecular flexibility index (Phi) is 8.39. The zero-order chi connectivity index (χ0) is 20.2. The Hall–Kier alpha value is -3.48. The molecule has 0 spiro atoms. The van der Waals surface area contributed by atoms with Crippen molar-refractivity contribution in [2.24, 2.45) is 0 Å². The van der Waals surface area contributed by atoms with Gasteiger partial charge in [-0.05, 0) is 29.7 Å². The number of rotatable bonds is 10. The summed E-state index contributed by atoms with van der Waals surface area (Å²) in [6, 6.07) is 16.0. The third-order valence-electron chi connectivity index (χ3n) is 3.76. The Balaban J connectivity index is 1.62. The summed E-state index contributed by atoms with van der Waals surface area (Å²) in [6.07, 6.45) is 3.41. The SMILES string of the molecule is O=C(CCCC(=O)Oc1ccc(/C=C/[N+](=O)[O-])cc1)OCCc1ccccc1. The van der Waals surface area contributed by atoms with Crippen molar-refractivity contribution >= 4 is 18.0 Å². The minimum atomic E-state index is -0.555. The zero-order valence-electron chi connectivity index (χ0n) is 15.3. The first-order valence-electron chi connectivity index (χ1n) is 8.85. The van der Waals surface area contributed by atoms with Crippen LogP contribution in [0.2, 0.25) is 0 Å². The molecule has 0 saturated carbocycles. The average Bonchev–Trinajstić information content (AvgIpc) is 2.68. The summed E-state index contributed by atoms with van der Waals surface area (Å²) in [7, 11) is 0. The molecular weight excluding hydrogens is 362 g/mol. The predicted molar refractivity (Wildman–Crippen MR) is 103 cm³/mol. The van der Waals surface area contributed by atoms with Crippen LogP contribution in [0.1, 0.15) is 30.4 Å². The fourth-order valence-corrected chi connectivity index (χ4v) is 2.35. The maximum atomic E-state index is 11.8. The highest BCUT2D eigenvalue weighted by atomic mass is 16.6. The first-order chi connectivity index (χ1) is 13.5. The summed E-state index contributed by atoms with van der Waals surface area (Å²) < 4.78 is 10.3. The van der Waals surface area contributed by atoms with E-state index in [9.17, 15) is 19.7 Å². The Labute approximate surface area is 162 Å². The summed E-state index contributed by atoms with van der Waals surface area (Å²) in [5, 5.41) is 10.3. The second-order valence-electron chi connectivity index (χ2n) is 5.95. The molecule has 2 aromatic rings. The van der Waals surface area contributed by atoms with E-state index in [1.165, 1.54) is 6.08 Å². The van der Waals surface area contributed by atoms with Gasteiger partial charge in [-0.3, -0.25) is 19.7 Å². The van der Waals surface area contributed by atoms with Crippen LogP contribution in [0.25, 0.3) is 6.08 Å². The van der Waals surface area contributed by atoms with Gasteiger partial charge in [-0.1, -0.05) is 42.5 Å². The van der Waals surface area contributed by atoms with Crippen molar-refractivity contribution < 1.29 is 24.0 Å². The van der Waals surface area contributed by atoms with Crippen LogP contribution >= 0.6 is 0 Å². The molecule has 7 heteroatoms. The lowest BCUT2D eigenvalue weighted by Crippen LogP contribution is -2.11. The topological polar surface area (TPSA) is 95.7 Å². The van der Waals surface area contributed by atoms with Gasteiger partial charge in [0.25, 0.3) is 0 Å². The van der Waals surface area contributed by atoms with Crippen molar-refractivity contribution in [3.05, 3.63) is 82.0 Å². The molecular formula is C21H21NO6. The zero-order valence-corrected chi connectivity index (χ0v) is 15.3. The van der Waals surface area contributed by atoms with Gasteiger partial charge in [-0.2, -0.15) is 0 Å². The van der Waals surface area contributed by atoms with E-state index >= 15 is 0 Å². The van der Waals surface area contributed by atoms with Crippen molar-refractivity contribution in [1.29, 1.82) is 0 Å². The van der Waals surface area contributed by atoms with Gasteiger partial charge >= 0.3 is 11.9 Å². The smallest absolute Gasteiger partial charge is 0.311 e. The molecule has 0 aliphatic rings. The van der Waals surface area contributed by atoms with E-state index in [0.717, 1.165) is 11.8 Å². The van der Waals surface area contributed by atoms with Crippen LogP contribution < -0.4 is 4.74 Å². The number of ether oxygens (including phenoxy) is 2. The number of hydrogen-bond acceptors (Lipinski definition) is 6. The van der Waals surface area contributed by atoms with E-state index in [2.05, 4.69) is 0 Å². The molecule has 2 rings (SSSR count). The molecule has 28 heavy (non-hydrogen) atoms. The molecule has 146 valence electrons. The van der Waals surface area contributed by atoms with Crippen LogP contribution in [0.5, 0.6) is 5.75 Å². The van der Waals surface area contributed by atoms with E-state index < -0.39 is 10.9 Å². The standard InChI is InChI=1S/C21H21NO6/c23-20(27-16-14-17-5-2-1-3-6-17)7-4-8-21(24)28-19-11-9-18(10-12-19)13-15-22(25)26/h1-3,5-6,9-13,15H,4,7-8,14,16H2/b15-13+. The largest absolute Gasteiger partial charge is 0.465 e. The van der Waals surface area contributed by atoms with Gasteiger partial charge in [0.1, 0.15) is 5.75 Å². The van der Waals surface area contributed by atoms with E-state index in [4.69, 9.17) is 9.47 Å². The monoisotopic (exact) mass is 383 g/mol. The first kappa shape index (κ1) is 20.8. The summed E-state index contributed by atoms with van der Waals surface area (Å²) in [6.45, 7) is 0.310. The maximum absolute atomic E-state index is 11.8. The molecule has 0 heterocycles. The van der Waals surface area contributed by atoms with Gasteiger partial charge in [0, 0.05) is 25.3 Å². The molecule has 0 N–H and O–H groups in total. The van der Waals surface area contributed by atoms with Gasteiger partial charge in [0.05, 0.1) is 11.5 Å². The molecule has 0 aliphatic carbocycles. The Morgan fingerprint density at radius 3 is 2.32 bits per heavy atom. The molecule has 0 aliphatic heterocycles. The normalized spacial score (nSPS) is 10.6. The molecule has 0 aromatic heterocycles. The summed E-state index contributed by atoms with van der Waals surface area (Å²) in [4.78, 5) is 33.2. The van der Waals surface area contributed by atoms with Crippen LogP contribution in [0, 0.1) is 10.1 Å². The highest BCUT2D eigenvalue weighted by Gasteiger charge is 2.08. The number of carbonyl (C=O) groups is 2. The number of carbonyl (C=O) groups excluding carboxylic acids is 2. The van der Waals surface area contributed by atoms with Gasteiger partial charge in [-0.15, -0.1) is 0 Å². The van der Waals surface area contributed by atoms with Crippen molar-refractivity contribution in [3.63, 3.8) is 0 Å². The number of benzene rings is 2. The molecule has 0 saturated heterocycles. The van der Waals surface area contributed by atoms with E-state index in [1.54, 1.807) is 24.3 Å². The van der Waals surface area contributed by atoms with Crippen molar-refractivity contribution in [2.75, 3.05) is 6.61 Å². The summed E-state index contributed by atoms with van der Waals surface area (Å²) in [5.74, 6) is -0.454. The molecule has 0 radical (unpaired) electrons. The molecule has 0 amide bonds. The first-order valence-corrected chi connectivity index (χ1v) is 8.85. The number of nitrogens with zero attached hydrogens (tertiary/aromatic N) is 1. The fraction of sp³-hybridized carbons (Fsp3) is 0.238. The van der Waals surface area contributed by atoms with E-state index in [-0.39, 0.29) is 18.8 Å². The number of nitro groups is 1. The second kappa shape index (κ2) is 11.3. The van der Waals surface area contributed by atoms with Crippen LogP contribution in [-0.2, 0) is 20.7 Å². The van der Waals surface area contributed by atoms with Gasteiger partial charge < -0.3 is 9.47 Å². The van der Waals surface area contributed by atoms with Gasteiger partial charge in [0.2, 0.25) is 6.20 Å². The minimum Gasteiger partial charge on any atom is -0.465 e. The van der Waals surface area contributed by atoms with Crippen LogP contribution in [0.4, 0.5) is 0 Å². The molecule has 0 fully saturated rings. The fourth-order valence-electron chi connectivity index (χ4n) is 2.35. The minimum absolute atomic E-state index is 0.0940. The van der Waals surface area contributed by atoms with Gasteiger partial charge in [-0.25, -0.2) is 0 Å². The highest BCUT2D eigenvalue weighted by Crippen LogP contribution is 2.14. The lowest BCUT2D eigenvalue weighted by molar-refractivity contribution is -0.400. The number of hydrogen-bond donors (Lipinski definition) is 0. The van der Waals surface area contributed by atoms with Crippen molar-refractivity contribution in [1.82, 2.24) is 0 Å². The van der Waals surface area contributed by atoms with E-state index in [0.29, 0.717) is 30.8 Å². The molecule has 0 atom stereocenters. The third-order valence-corrected chi connectivity index (χ3v) is 3.76. The number of esters is 2. The Morgan fingerprint density at radius 1 is 0.964 bits per heavy atom. The third kappa shape index (κ3) is 8.27.